The second kappa shape index (κ2) is 4.45. The van der Waals surface area contributed by atoms with E-state index in [2.05, 4.69) is 0 Å². The van der Waals surface area contributed by atoms with Gasteiger partial charge in [0, 0.05) is 6.54 Å². The first-order valence-corrected chi connectivity index (χ1v) is 7.78. The predicted molar refractivity (Wildman–Crippen MR) is 72.2 cm³/mol. The van der Waals surface area contributed by atoms with Gasteiger partial charge in [-0.3, -0.25) is 4.79 Å². The molecule has 0 aromatic heterocycles. The maximum Gasteiger partial charge on any atom is 0.324 e. The summed E-state index contributed by atoms with van der Waals surface area (Å²) in [6.07, 6.45) is 8.26. The quantitative estimate of drug-likeness (QED) is 0.853. The van der Waals surface area contributed by atoms with Crippen molar-refractivity contribution in [3.8, 4) is 0 Å². The van der Waals surface area contributed by atoms with Crippen molar-refractivity contribution in [1.82, 2.24) is 4.31 Å². The molecule has 2 atom stereocenters. The van der Waals surface area contributed by atoms with Crippen molar-refractivity contribution < 1.29 is 18.3 Å². The molecule has 1 N–H and O–H groups in total. The van der Waals surface area contributed by atoms with Crippen molar-refractivity contribution in [1.29, 1.82) is 0 Å². The minimum atomic E-state index is -3.70. The van der Waals surface area contributed by atoms with Crippen LogP contribution in [0.2, 0.25) is 0 Å². The summed E-state index contributed by atoms with van der Waals surface area (Å²) in [6.45, 7) is 3.41. The Bertz CT molecular complexity index is 551. The fraction of sp³-hybridized carbons (Fsp3) is 0.615. The highest BCUT2D eigenvalue weighted by atomic mass is 32.2. The van der Waals surface area contributed by atoms with Crippen LogP contribution in [-0.2, 0) is 14.8 Å². The zero-order valence-electron chi connectivity index (χ0n) is 11.2. The Morgan fingerprint density at radius 2 is 2.00 bits per heavy atom. The molecule has 2 rings (SSSR count). The highest BCUT2D eigenvalue weighted by molar-refractivity contribution is 7.90. The van der Waals surface area contributed by atoms with E-state index in [9.17, 15) is 18.3 Å². The molecule has 2 unspecified atom stereocenters. The Labute approximate surface area is 113 Å². The maximum atomic E-state index is 12.8. The van der Waals surface area contributed by atoms with Gasteiger partial charge in [-0.25, -0.2) is 8.42 Å². The Hall–Kier alpha value is -1.14. The van der Waals surface area contributed by atoms with Crippen LogP contribution < -0.4 is 0 Å². The SMILES string of the molecule is CC1(C(=O)O)CCCN1S(=O)(=O)C1(C)C=CC=CC1. The summed E-state index contributed by atoms with van der Waals surface area (Å²) in [6, 6.07) is 0. The molecule has 19 heavy (non-hydrogen) atoms. The molecule has 1 heterocycles. The van der Waals surface area contributed by atoms with Crippen LogP contribution in [0.5, 0.6) is 0 Å². The summed E-state index contributed by atoms with van der Waals surface area (Å²) in [5, 5.41) is 9.35. The maximum absolute atomic E-state index is 12.8. The lowest BCUT2D eigenvalue weighted by molar-refractivity contribution is -0.146. The molecule has 2 aliphatic rings. The molecular weight excluding hydrogens is 266 g/mol. The molecule has 0 saturated carbocycles. The predicted octanol–water partition coefficient (Wildman–Crippen LogP) is 1.53. The lowest BCUT2D eigenvalue weighted by Crippen LogP contribution is -2.56. The van der Waals surface area contributed by atoms with Gasteiger partial charge in [-0.15, -0.1) is 0 Å². The van der Waals surface area contributed by atoms with E-state index in [-0.39, 0.29) is 6.54 Å². The van der Waals surface area contributed by atoms with Gasteiger partial charge < -0.3 is 5.11 Å². The lowest BCUT2D eigenvalue weighted by Gasteiger charge is -2.37. The molecule has 0 aromatic carbocycles. The third-order valence-electron chi connectivity index (χ3n) is 4.13. The highest BCUT2D eigenvalue weighted by Gasteiger charge is 2.54. The van der Waals surface area contributed by atoms with Crippen LogP contribution in [0.15, 0.2) is 24.3 Å². The number of hydrogen-bond donors (Lipinski definition) is 1. The van der Waals surface area contributed by atoms with Crippen LogP contribution in [0.1, 0.15) is 33.1 Å². The monoisotopic (exact) mass is 285 g/mol. The van der Waals surface area contributed by atoms with E-state index in [1.165, 1.54) is 11.2 Å². The largest absolute Gasteiger partial charge is 0.480 e. The van der Waals surface area contributed by atoms with E-state index in [0.717, 1.165) is 0 Å². The summed E-state index contributed by atoms with van der Waals surface area (Å²) < 4.78 is 25.7. The second-order valence-corrected chi connectivity index (χ2v) is 7.89. The van der Waals surface area contributed by atoms with E-state index in [4.69, 9.17) is 0 Å². The first-order chi connectivity index (χ1) is 8.74. The van der Waals surface area contributed by atoms with Gasteiger partial charge in [-0.05, 0) is 33.1 Å². The molecule has 1 fully saturated rings. The standard InChI is InChI=1S/C13H19NO4S/c1-12(7-4-3-5-8-12)19(17,18)14-10-6-9-13(14,2)11(15)16/h3-5,7H,6,8-10H2,1-2H3,(H,15,16). The van der Waals surface area contributed by atoms with Gasteiger partial charge in [-0.2, -0.15) is 4.31 Å². The Balaban J connectivity index is 2.43. The third kappa shape index (κ3) is 2.03. The molecule has 1 aliphatic heterocycles. The van der Waals surface area contributed by atoms with Gasteiger partial charge in [0.1, 0.15) is 10.3 Å². The first kappa shape index (κ1) is 14.3. The van der Waals surface area contributed by atoms with Gasteiger partial charge in [0.15, 0.2) is 0 Å². The zero-order valence-corrected chi connectivity index (χ0v) is 12.0. The van der Waals surface area contributed by atoms with Crippen molar-refractivity contribution in [3.63, 3.8) is 0 Å². The number of rotatable bonds is 3. The third-order valence-corrected chi connectivity index (χ3v) is 6.78. The molecule has 6 heteroatoms. The zero-order chi connectivity index (χ0) is 14.3. The number of carboxylic acids is 1. The van der Waals surface area contributed by atoms with Gasteiger partial charge >= 0.3 is 5.97 Å². The molecule has 0 aromatic rings. The van der Waals surface area contributed by atoms with Crippen LogP contribution in [0.25, 0.3) is 0 Å². The molecule has 5 nitrogen and oxygen atoms in total. The summed E-state index contributed by atoms with van der Waals surface area (Å²) in [5.74, 6) is -1.08. The minimum absolute atomic E-state index is 0.276. The molecule has 1 aliphatic carbocycles. The van der Waals surface area contributed by atoms with Crippen LogP contribution in [0.3, 0.4) is 0 Å². The van der Waals surface area contributed by atoms with Crippen LogP contribution in [0.4, 0.5) is 0 Å². The molecule has 0 bridgehead atoms. The van der Waals surface area contributed by atoms with E-state index in [1.807, 2.05) is 0 Å². The molecular formula is C13H19NO4S. The van der Waals surface area contributed by atoms with E-state index in [1.54, 1.807) is 31.2 Å². The normalized spacial score (nSPS) is 35.7. The second-order valence-electron chi connectivity index (χ2n) is 5.56. The summed E-state index contributed by atoms with van der Waals surface area (Å²) in [5.41, 5.74) is -1.32. The van der Waals surface area contributed by atoms with E-state index < -0.39 is 26.3 Å². The Kier molecular flexibility index (Phi) is 3.35. The average molecular weight is 285 g/mol. The molecule has 1 saturated heterocycles. The van der Waals surface area contributed by atoms with Crippen LogP contribution in [0, 0.1) is 0 Å². The summed E-state index contributed by atoms with van der Waals surface area (Å²) >= 11 is 0. The van der Waals surface area contributed by atoms with Gasteiger partial charge in [0.25, 0.3) is 0 Å². The van der Waals surface area contributed by atoms with Crippen molar-refractivity contribution in [2.75, 3.05) is 6.54 Å². The number of carbonyl (C=O) groups is 1. The number of carboxylic acid groups (broad SMARTS) is 1. The Morgan fingerprint density at radius 3 is 2.53 bits per heavy atom. The molecule has 106 valence electrons. The minimum Gasteiger partial charge on any atom is -0.480 e. The smallest absolute Gasteiger partial charge is 0.324 e. The number of aliphatic carboxylic acids is 1. The summed E-state index contributed by atoms with van der Waals surface area (Å²) in [4.78, 5) is 11.4. The van der Waals surface area contributed by atoms with Crippen molar-refractivity contribution in [2.24, 2.45) is 0 Å². The van der Waals surface area contributed by atoms with Crippen molar-refractivity contribution in [3.05, 3.63) is 24.3 Å². The number of allylic oxidation sites excluding steroid dienone is 3. The fourth-order valence-corrected chi connectivity index (χ4v) is 4.82. The van der Waals surface area contributed by atoms with Crippen LogP contribution in [-0.4, -0.2) is 40.6 Å². The van der Waals surface area contributed by atoms with E-state index in [0.29, 0.717) is 19.3 Å². The molecule has 0 radical (unpaired) electrons. The Morgan fingerprint density at radius 1 is 1.32 bits per heavy atom. The van der Waals surface area contributed by atoms with Gasteiger partial charge in [0.2, 0.25) is 10.0 Å². The van der Waals surface area contributed by atoms with Gasteiger partial charge in [0.05, 0.1) is 0 Å². The van der Waals surface area contributed by atoms with Gasteiger partial charge in [-0.1, -0.05) is 24.3 Å². The average Bonchev–Trinajstić information content (AvgIpc) is 2.74. The number of hydrogen-bond acceptors (Lipinski definition) is 3. The lowest BCUT2D eigenvalue weighted by atomic mass is 10.0. The van der Waals surface area contributed by atoms with E-state index >= 15 is 0 Å². The summed E-state index contributed by atoms with van der Waals surface area (Å²) in [7, 11) is -3.70. The molecule has 0 spiro atoms. The molecule has 0 amide bonds. The highest BCUT2D eigenvalue weighted by Crippen LogP contribution is 2.39. The van der Waals surface area contributed by atoms with Crippen molar-refractivity contribution in [2.45, 2.75) is 43.4 Å². The number of sulfonamides is 1. The fourth-order valence-electron chi connectivity index (χ4n) is 2.69. The van der Waals surface area contributed by atoms with Crippen LogP contribution >= 0.6 is 0 Å². The topological polar surface area (TPSA) is 74.7 Å². The number of nitrogens with zero attached hydrogens (tertiary/aromatic N) is 1. The van der Waals surface area contributed by atoms with Crippen molar-refractivity contribution >= 4 is 16.0 Å². The first-order valence-electron chi connectivity index (χ1n) is 6.34.